The molecule has 124 valence electrons. The van der Waals surface area contributed by atoms with Crippen molar-refractivity contribution < 1.29 is 0 Å². The molecule has 0 N–H and O–H groups in total. The van der Waals surface area contributed by atoms with Crippen molar-refractivity contribution >= 4 is 35.3 Å². The average Bonchev–Trinajstić information content (AvgIpc) is 2.60. The molecule has 1 aromatic carbocycles. The Morgan fingerprint density at radius 3 is 2.35 bits per heavy atom. The van der Waals surface area contributed by atoms with E-state index in [4.69, 9.17) is 4.98 Å². The standard InChI is InChI=1S/C18H24N2S3/c1-21-11-9-16-14-19-17(10-12-22-2)18(20-16)23-13-8-15-6-4-3-5-7-15/h3-7,14H,8-13H2,1-2H3. The quantitative estimate of drug-likeness (QED) is 0.573. The smallest absolute Gasteiger partial charge is 0.118 e. The Kier molecular flexibility index (Phi) is 8.94. The minimum atomic E-state index is 1.00. The first-order chi connectivity index (χ1) is 11.3. The SMILES string of the molecule is CSCCc1cnc(CCSC)c(SCCc2ccccc2)n1. The number of thioether (sulfide) groups is 3. The van der Waals surface area contributed by atoms with E-state index < -0.39 is 0 Å². The zero-order valence-electron chi connectivity index (χ0n) is 13.8. The van der Waals surface area contributed by atoms with Crippen molar-refractivity contribution in [3.05, 3.63) is 53.5 Å². The van der Waals surface area contributed by atoms with Crippen LogP contribution in [0.5, 0.6) is 0 Å². The van der Waals surface area contributed by atoms with Crippen molar-refractivity contribution in [3.8, 4) is 0 Å². The van der Waals surface area contributed by atoms with E-state index in [0.717, 1.165) is 52.9 Å². The van der Waals surface area contributed by atoms with E-state index in [-0.39, 0.29) is 0 Å². The monoisotopic (exact) mass is 364 g/mol. The number of aromatic nitrogens is 2. The molecule has 2 rings (SSSR count). The molecule has 0 amide bonds. The van der Waals surface area contributed by atoms with E-state index in [9.17, 15) is 0 Å². The lowest BCUT2D eigenvalue weighted by atomic mass is 10.2. The van der Waals surface area contributed by atoms with Gasteiger partial charge in [-0.3, -0.25) is 4.98 Å². The molecule has 0 aliphatic heterocycles. The zero-order chi connectivity index (χ0) is 16.3. The molecular formula is C18H24N2S3. The summed E-state index contributed by atoms with van der Waals surface area (Å²) < 4.78 is 0. The van der Waals surface area contributed by atoms with Crippen LogP contribution in [-0.2, 0) is 19.3 Å². The van der Waals surface area contributed by atoms with Crippen molar-refractivity contribution in [2.24, 2.45) is 0 Å². The van der Waals surface area contributed by atoms with Crippen molar-refractivity contribution in [1.82, 2.24) is 9.97 Å². The zero-order valence-corrected chi connectivity index (χ0v) is 16.3. The molecule has 0 atom stereocenters. The molecule has 2 aromatic rings. The first-order valence-electron chi connectivity index (χ1n) is 7.83. The van der Waals surface area contributed by atoms with Gasteiger partial charge < -0.3 is 0 Å². The Morgan fingerprint density at radius 2 is 1.61 bits per heavy atom. The number of benzene rings is 1. The first-order valence-corrected chi connectivity index (χ1v) is 11.6. The van der Waals surface area contributed by atoms with E-state index >= 15 is 0 Å². The normalized spacial score (nSPS) is 10.9. The van der Waals surface area contributed by atoms with Gasteiger partial charge in [-0.2, -0.15) is 23.5 Å². The molecule has 0 aliphatic carbocycles. The summed E-state index contributed by atoms with van der Waals surface area (Å²) in [6, 6.07) is 10.7. The minimum absolute atomic E-state index is 1.00. The van der Waals surface area contributed by atoms with Crippen LogP contribution in [-0.4, -0.2) is 39.7 Å². The fourth-order valence-corrected chi connectivity index (χ4v) is 4.00. The molecule has 0 spiro atoms. The Balaban J connectivity index is 1.99. The van der Waals surface area contributed by atoms with Gasteiger partial charge in [-0.15, -0.1) is 11.8 Å². The first kappa shape index (κ1) is 18.7. The number of hydrogen-bond acceptors (Lipinski definition) is 5. The molecule has 0 saturated heterocycles. The highest BCUT2D eigenvalue weighted by molar-refractivity contribution is 7.99. The Labute approximate surface area is 152 Å². The van der Waals surface area contributed by atoms with Gasteiger partial charge in [0.25, 0.3) is 0 Å². The maximum atomic E-state index is 4.87. The molecule has 0 saturated carbocycles. The van der Waals surface area contributed by atoms with Crippen LogP contribution in [0.1, 0.15) is 17.0 Å². The van der Waals surface area contributed by atoms with Crippen LogP contribution in [0.25, 0.3) is 0 Å². The maximum Gasteiger partial charge on any atom is 0.118 e. The van der Waals surface area contributed by atoms with Gasteiger partial charge in [0.05, 0.1) is 11.4 Å². The average molecular weight is 365 g/mol. The van der Waals surface area contributed by atoms with Gasteiger partial charge in [-0.1, -0.05) is 30.3 Å². The second kappa shape index (κ2) is 11.0. The van der Waals surface area contributed by atoms with E-state index in [2.05, 4.69) is 47.8 Å². The van der Waals surface area contributed by atoms with Gasteiger partial charge in [-0.25, -0.2) is 4.98 Å². The summed E-state index contributed by atoms with van der Waals surface area (Å²) in [5.74, 6) is 3.26. The molecule has 0 radical (unpaired) electrons. The summed E-state index contributed by atoms with van der Waals surface area (Å²) in [5.41, 5.74) is 3.66. The third kappa shape index (κ3) is 6.77. The lowest BCUT2D eigenvalue weighted by molar-refractivity contribution is 0.863. The van der Waals surface area contributed by atoms with Crippen LogP contribution in [0.2, 0.25) is 0 Å². The van der Waals surface area contributed by atoms with Gasteiger partial charge in [-0.05, 0) is 36.0 Å². The van der Waals surface area contributed by atoms with Crippen LogP contribution in [0, 0.1) is 0 Å². The number of aryl methyl sites for hydroxylation is 3. The largest absolute Gasteiger partial charge is 0.257 e. The van der Waals surface area contributed by atoms with Crippen molar-refractivity contribution in [3.63, 3.8) is 0 Å². The second-order valence-electron chi connectivity index (χ2n) is 5.18. The van der Waals surface area contributed by atoms with Crippen LogP contribution < -0.4 is 0 Å². The molecule has 1 aromatic heterocycles. The topological polar surface area (TPSA) is 25.8 Å². The second-order valence-corrected chi connectivity index (χ2v) is 8.24. The third-order valence-electron chi connectivity index (χ3n) is 3.44. The highest BCUT2D eigenvalue weighted by Gasteiger charge is 2.09. The molecule has 23 heavy (non-hydrogen) atoms. The van der Waals surface area contributed by atoms with E-state index in [1.54, 1.807) is 0 Å². The highest BCUT2D eigenvalue weighted by atomic mass is 32.2. The molecule has 1 heterocycles. The van der Waals surface area contributed by atoms with Gasteiger partial charge in [0.15, 0.2) is 0 Å². The van der Waals surface area contributed by atoms with E-state index in [0.29, 0.717) is 0 Å². The summed E-state index contributed by atoms with van der Waals surface area (Å²) >= 11 is 5.57. The maximum absolute atomic E-state index is 4.87. The van der Waals surface area contributed by atoms with Crippen molar-refractivity contribution in [2.75, 3.05) is 29.8 Å². The Morgan fingerprint density at radius 1 is 0.870 bits per heavy atom. The summed E-state index contributed by atoms with van der Waals surface area (Å²) in [4.78, 5) is 9.56. The lowest BCUT2D eigenvalue weighted by Gasteiger charge is -2.09. The van der Waals surface area contributed by atoms with E-state index in [1.807, 2.05) is 41.5 Å². The fourth-order valence-electron chi connectivity index (χ4n) is 2.15. The van der Waals surface area contributed by atoms with Gasteiger partial charge in [0, 0.05) is 24.8 Å². The van der Waals surface area contributed by atoms with Crippen LogP contribution in [0.4, 0.5) is 0 Å². The summed E-state index contributed by atoms with van der Waals surface area (Å²) in [6.07, 6.45) is 9.32. The summed E-state index contributed by atoms with van der Waals surface area (Å²) in [5, 5.41) is 1.13. The van der Waals surface area contributed by atoms with Gasteiger partial charge >= 0.3 is 0 Å². The molecule has 0 fully saturated rings. The fraction of sp³-hybridized carbons (Fsp3) is 0.444. The summed E-state index contributed by atoms with van der Waals surface area (Å²) in [6.45, 7) is 0. The Bertz CT molecular complexity index is 576. The third-order valence-corrected chi connectivity index (χ3v) is 5.67. The van der Waals surface area contributed by atoms with Crippen molar-refractivity contribution in [1.29, 1.82) is 0 Å². The lowest BCUT2D eigenvalue weighted by Crippen LogP contribution is -2.04. The van der Waals surface area contributed by atoms with Crippen molar-refractivity contribution in [2.45, 2.75) is 24.3 Å². The highest BCUT2D eigenvalue weighted by Crippen LogP contribution is 2.22. The molecule has 0 aliphatic rings. The predicted octanol–water partition coefficient (Wildman–Crippen LogP) is 4.62. The number of rotatable bonds is 10. The predicted molar refractivity (Wildman–Crippen MR) is 107 cm³/mol. The van der Waals surface area contributed by atoms with E-state index in [1.165, 1.54) is 5.56 Å². The van der Waals surface area contributed by atoms with Crippen LogP contribution in [0.15, 0.2) is 41.6 Å². The van der Waals surface area contributed by atoms with Gasteiger partial charge in [0.2, 0.25) is 0 Å². The molecular weight excluding hydrogens is 340 g/mol. The van der Waals surface area contributed by atoms with Gasteiger partial charge in [0.1, 0.15) is 5.03 Å². The Hall–Kier alpha value is -0.650. The molecule has 0 unspecified atom stereocenters. The molecule has 5 heteroatoms. The number of nitrogens with zero attached hydrogens (tertiary/aromatic N) is 2. The summed E-state index contributed by atoms with van der Waals surface area (Å²) in [7, 11) is 0. The minimum Gasteiger partial charge on any atom is -0.257 e. The molecule has 2 nitrogen and oxygen atoms in total. The molecule has 0 bridgehead atoms. The van der Waals surface area contributed by atoms with Crippen LogP contribution >= 0.6 is 35.3 Å². The number of hydrogen-bond donors (Lipinski definition) is 0. The van der Waals surface area contributed by atoms with Crippen LogP contribution in [0.3, 0.4) is 0 Å².